The highest BCUT2D eigenvalue weighted by Crippen LogP contribution is 2.21. The van der Waals surface area contributed by atoms with E-state index in [9.17, 15) is 0 Å². The molecule has 0 radical (unpaired) electrons. The molecule has 5 nitrogen and oxygen atoms in total. The molecule has 0 atom stereocenters. The van der Waals surface area contributed by atoms with Crippen LogP contribution in [0.15, 0.2) is 61.2 Å². The molecule has 0 aliphatic heterocycles. The van der Waals surface area contributed by atoms with E-state index in [0.717, 1.165) is 16.7 Å². The van der Waals surface area contributed by atoms with Gasteiger partial charge in [-0.25, -0.2) is 9.67 Å². The number of allylic oxidation sites excluding steroid dienone is 1. The lowest BCUT2D eigenvalue weighted by molar-refractivity contribution is 0.711. The van der Waals surface area contributed by atoms with E-state index in [1.807, 2.05) is 30.3 Å². The summed E-state index contributed by atoms with van der Waals surface area (Å²) >= 11 is 0. The van der Waals surface area contributed by atoms with Gasteiger partial charge in [0.2, 0.25) is 0 Å². The Hall–Kier alpha value is -3.70. The Morgan fingerprint density at radius 2 is 1.58 bits per heavy atom. The van der Waals surface area contributed by atoms with E-state index in [1.165, 1.54) is 6.33 Å². The molecule has 24 heavy (non-hydrogen) atoms. The molecule has 0 saturated carbocycles. The molecule has 1 aromatic heterocycles. The lowest BCUT2D eigenvalue weighted by atomic mass is 10.0. The summed E-state index contributed by atoms with van der Waals surface area (Å²) in [5.41, 5.74) is 4.29. The van der Waals surface area contributed by atoms with Crippen molar-refractivity contribution >= 4 is 11.6 Å². The van der Waals surface area contributed by atoms with Crippen molar-refractivity contribution in [1.29, 1.82) is 10.5 Å². The number of benzene rings is 2. The Bertz CT molecular complexity index is 921. The van der Waals surface area contributed by atoms with E-state index in [1.54, 1.807) is 35.3 Å². The van der Waals surface area contributed by atoms with Crippen molar-refractivity contribution in [3.8, 4) is 12.1 Å². The number of hydrogen-bond donors (Lipinski definition) is 0. The highest BCUT2D eigenvalue weighted by atomic mass is 15.3. The molecule has 0 fully saturated rings. The molecule has 114 valence electrons. The molecule has 2 aromatic carbocycles. The van der Waals surface area contributed by atoms with Gasteiger partial charge in [-0.2, -0.15) is 15.6 Å². The minimum absolute atomic E-state index is 0.561. The smallest absolute Gasteiger partial charge is 0.137 e. The van der Waals surface area contributed by atoms with Gasteiger partial charge in [0, 0.05) is 0 Å². The normalized spacial score (nSPS) is 10.8. The Morgan fingerprint density at radius 3 is 2.12 bits per heavy atom. The number of rotatable bonds is 4. The third-order valence-electron chi connectivity index (χ3n) is 3.56. The average Bonchev–Trinajstić information content (AvgIpc) is 3.15. The summed E-state index contributed by atoms with van der Waals surface area (Å²) in [4.78, 5) is 3.97. The van der Waals surface area contributed by atoms with Crippen molar-refractivity contribution in [3.05, 3.63) is 83.4 Å². The zero-order valence-corrected chi connectivity index (χ0v) is 12.8. The maximum absolute atomic E-state index is 8.95. The highest BCUT2D eigenvalue weighted by Gasteiger charge is 2.05. The summed E-state index contributed by atoms with van der Waals surface area (Å²) in [5, 5.41) is 22.0. The van der Waals surface area contributed by atoms with Crippen LogP contribution in [0, 0.1) is 22.7 Å². The molecule has 0 N–H and O–H groups in total. The molecule has 1 heterocycles. The van der Waals surface area contributed by atoms with Gasteiger partial charge in [-0.3, -0.25) is 0 Å². The molecular weight excluding hydrogens is 298 g/mol. The minimum Gasteiger partial charge on any atom is -0.249 e. The van der Waals surface area contributed by atoms with E-state index >= 15 is 0 Å². The standard InChI is InChI=1S/C19H13N5/c20-10-16-3-1-15(2-4-16)9-19(12-24-14-22-13-23-24)18-7-5-17(11-21)6-8-18/h1-9,13-14H,12H2/b19-9-. The van der Waals surface area contributed by atoms with Crippen molar-refractivity contribution in [2.75, 3.05) is 0 Å². The Morgan fingerprint density at radius 1 is 0.958 bits per heavy atom. The third-order valence-corrected chi connectivity index (χ3v) is 3.56. The zero-order chi connectivity index (χ0) is 16.8. The molecule has 0 aliphatic rings. The lowest BCUT2D eigenvalue weighted by Crippen LogP contribution is -2.01. The molecule has 0 unspecified atom stereocenters. The quantitative estimate of drug-likeness (QED) is 0.693. The van der Waals surface area contributed by atoms with Crippen LogP contribution in [-0.2, 0) is 6.54 Å². The first-order valence-corrected chi connectivity index (χ1v) is 7.32. The van der Waals surface area contributed by atoms with E-state index in [0.29, 0.717) is 17.7 Å². The van der Waals surface area contributed by atoms with E-state index in [-0.39, 0.29) is 0 Å². The maximum atomic E-state index is 8.95. The monoisotopic (exact) mass is 311 g/mol. The van der Waals surface area contributed by atoms with Crippen LogP contribution in [0.2, 0.25) is 0 Å². The van der Waals surface area contributed by atoms with Gasteiger partial charge in [0.1, 0.15) is 12.7 Å². The summed E-state index contributed by atoms with van der Waals surface area (Å²) in [5.74, 6) is 0. The van der Waals surface area contributed by atoms with Gasteiger partial charge in [0.25, 0.3) is 0 Å². The van der Waals surface area contributed by atoms with Crippen molar-refractivity contribution in [3.63, 3.8) is 0 Å². The Kier molecular flexibility index (Phi) is 4.46. The Labute approximate surface area is 139 Å². The van der Waals surface area contributed by atoms with E-state index in [4.69, 9.17) is 10.5 Å². The molecule has 0 saturated heterocycles. The minimum atomic E-state index is 0.561. The van der Waals surface area contributed by atoms with Gasteiger partial charge < -0.3 is 0 Å². The SMILES string of the molecule is N#Cc1ccc(/C=C(/Cn2cncn2)c2ccc(C#N)cc2)cc1. The largest absolute Gasteiger partial charge is 0.249 e. The summed E-state index contributed by atoms with van der Waals surface area (Å²) in [7, 11) is 0. The molecule has 3 aromatic rings. The molecular formula is C19H13N5. The van der Waals surface area contributed by atoms with Crippen LogP contribution in [0.1, 0.15) is 22.3 Å². The van der Waals surface area contributed by atoms with E-state index in [2.05, 4.69) is 22.2 Å². The second-order valence-corrected chi connectivity index (χ2v) is 5.19. The number of aromatic nitrogens is 3. The second-order valence-electron chi connectivity index (χ2n) is 5.19. The molecule has 0 bridgehead atoms. The van der Waals surface area contributed by atoms with Crippen molar-refractivity contribution in [2.45, 2.75) is 6.54 Å². The second kappa shape index (κ2) is 7.04. The van der Waals surface area contributed by atoms with Gasteiger partial charge in [0.15, 0.2) is 0 Å². The molecule has 0 spiro atoms. The summed E-state index contributed by atoms with van der Waals surface area (Å²) in [6.07, 6.45) is 5.21. The zero-order valence-electron chi connectivity index (χ0n) is 12.8. The predicted molar refractivity (Wildman–Crippen MR) is 90.2 cm³/mol. The van der Waals surface area contributed by atoms with Crippen LogP contribution in [0.5, 0.6) is 0 Å². The van der Waals surface area contributed by atoms with Crippen LogP contribution in [0.4, 0.5) is 0 Å². The molecule has 0 aliphatic carbocycles. The number of hydrogen-bond acceptors (Lipinski definition) is 4. The van der Waals surface area contributed by atoms with Gasteiger partial charge in [0.05, 0.1) is 29.8 Å². The summed E-state index contributed by atoms with van der Waals surface area (Å²) in [6.45, 7) is 0.561. The fraction of sp³-hybridized carbons (Fsp3) is 0.0526. The molecule has 5 heteroatoms. The van der Waals surface area contributed by atoms with Crippen LogP contribution < -0.4 is 0 Å². The predicted octanol–water partition coefficient (Wildman–Crippen LogP) is 3.26. The first-order chi connectivity index (χ1) is 11.8. The van der Waals surface area contributed by atoms with Crippen LogP contribution in [0.25, 0.3) is 11.6 Å². The van der Waals surface area contributed by atoms with Crippen molar-refractivity contribution < 1.29 is 0 Å². The van der Waals surface area contributed by atoms with Crippen LogP contribution in [-0.4, -0.2) is 14.8 Å². The first-order valence-electron chi connectivity index (χ1n) is 7.32. The Balaban J connectivity index is 1.98. The first kappa shape index (κ1) is 15.2. The van der Waals surface area contributed by atoms with Gasteiger partial charge in [-0.05, 0) is 47.0 Å². The van der Waals surface area contributed by atoms with Crippen LogP contribution >= 0.6 is 0 Å². The molecule has 0 amide bonds. The topological polar surface area (TPSA) is 78.3 Å². The van der Waals surface area contributed by atoms with Gasteiger partial charge >= 0.3 is 0 Å². The highest BCUT2D eigenvalue weighted by molar-refractivity contribution is 5.81. The fourth-order valence-corrected chi connectivity index (χ4v) is 2.32. The van der Waals surface area contributed by atoms with Crippen LogP contribution in [0.3, 0.4) is 0 Å². The maximum Gasteiger partial charge on any atom is 0.137 e. The van der Waals surface area contributed by atoms with Crippen molar-refractivity contribution in [2.24, 2.45) is 0 Å². The van der Waals surface area contributed by atoms with Crippen molar-refractivity contribution in [1.82, 2.24) is 14.8 Å². The van der Waals surface area contributed by atoms with Gasteiger partial charge in [-0.1, -0.05) is 24.3 Å². The third kappa shape index (κ3) is 3.55. The number of nitriles is 2. The van der Waals surface area contributed by atoms with Gasteiger partial charge in [-0.15, -0.1) is 0 Å². The number of nitrogens with zero attached hydrogens (tertiary/aromatic N) is 5. The lowest BCUT2D eigenvalue weighted by Gasteiger charge is -2.09. The average molecular weight is 311 g/mol. The summed E-state index contributed by atoms with van der Waals surface area (Å²) < 4.78 is 1.74. The molecule has 3 rings (SSSR count). The fourth-order valence-electron chi connectivity index (χ4n) is 2.32. The van der Waals surface area contributed by atoms with E-state index < -0.39 is 0 Å². The summed E-state index contributed by atoms with van der Waals surface area (Å²) in [6, 6.07) is 19.1.